The molecule has 0 aromatic heterocycles. The number of benzene rings is 5. The van der Waals surface area contributed by atoms with Crippen LogP contribution in [0.5, 0.6) is 0 Å². The van der Waals surface area contributed by atoms with Gasteiger partial charge >= 0.3 is 0 Å². The van der Waals surface area contributed by atoms with Crippen LogP contribution in [0.15, 0.2) is 72.8 Å². The third-order valence-corrected chi connectivity index (χ3v) is 5.10. The van der Waals surface area contributed by atoms with Crippen molar-refractivity contribution in [3.05, 3.63) is 83.9 Å². The van der Waals surface area contributed by atoms with Gasteiger partial charge in [0, 0.05) is 0 Å². The molecule has 0 aliphatic rings. The third kappa shape index (κ3) is 1.93. The molecule has 0 aliphatic carbocycles. The number of rotatable bonds is 0. The van der Waals surface area contributed by atoms with Crippen molar-refractivity contribution in [3.63, 3.8) is 0 Å². The van der Waals surface area contributed by atoms with Crippen molar-refractivity contribution in [2.75, 3.05) is 0 Å². The van der Waals surface area contributed by atoms with Gasteiger partial charge in [-0.05, 0) is 69.1 Å². The first kappa shape index (κ1) is 13.6. The smallest absolute Gasteiger partial charge is 0.00987 e. The zero-order valence-electron chi connectivity index (χ0n) is 13.9. The van der Waals surface area contributed by atoms with Crippen molar-refractivity contribution < 1.29 is 0 Å². The Kier molecular flexibility index (Phi) is 2.72. The highest BCUT2D eigenvalue weighted by molar-refractivity contribution is 6.19. The molecule has 0 N–H and O–H groups in total. The van der Waals surface area contributed by atoms with E-state index in [1.807, 2.05) is 0 Å². The fourth-order valence-corrected chi connectivity index (χ4v) is 3.87. The monoisotopic (exact) mass is 306 g/mol. The minimum Gasteiger partial charge on any atom is -0.0587 e. The van der Waals surface area contributed by atoms with Crippen molar-refractivity contribution in [1.82, 2.24) is 0 Å². The predicted octanol–water partition coefficient (Wildman–Crippen LogP) is 6.92. The van der Waals surface area contributed by atoms with Crippen LogP contribution < -0.4 is 0 Å². The van der Waals surface area contributed by atoms with Crippen molar-refractivity contribution in [2.24, 2.45) is 0 Å². The molecule has 0 heterocycles. The van der Waals surface area contributed by atoms with E-state index >= 15 is 0 Å². The van der Waals surface area contributed by atoms with E-state index in [9.17, 15) is 0 Å². The van der Waals surface area contributed by atoms with Crippen molar-refractivity contribution in [2.45, 2.75) is 13.8 Å². The Bertz CT molecular complexity index is 1250. The second-order valence-corrected chi connectivity index (χ2v) is 6.87. The minimum absolute atomic E-state index is 1.31. The number of hydrogen-bond acceptors (Lipinski definition) is 0. The van der Waals surface area contributed by atoms with E-state index in [1.165, 1.54) is 54.2 Å². The summed E-state index contributed by atoms with van der Waals surface area (Å²) in [5.41, 5.74) is 2.62. The van der Waals surface area contributed by atoms with Gasteiger partial charge in [0.25, 0.3) is 0 Å². The predicted molar refractivity (Wildman–Crippen MR) is 106 cm³/mol. The summed E-state index contributed by atoms with van der Waals surface area (Å²) >= 11 is 0. The van der Waals surface area contributed by atoms with E-state index in [0.717, 1.165) is 0 Å². The molecule has 0 saturated carbocycles. The quantitative estimate of drug-likeness (QED) is 0.215. The normalized spacial score (nSPS) is 11.8. The SMILES string of the molecule is Cc1ccc2cc3c(ccc4c5ccc(C)cc5ccc34)cc2c1. The molecule has 0 aliphatic heterocycles. The largest absolute Gasteiger partial charge is 0.0587 e. The van der Waals surface area contributed by atoms with Crippen LogP contribution in [0, 0.1) is 13.8 Å². The van der Waals surface area contributed by atoms with Crippen LogP contribution in [-0.4, -0.2) is 0 Å². The Morgan fingerprint density at radius 1 is 0.375 bits per heavy atom. The van der Waals surface area contributed by atoms with Gasteiger partial charge in [-0.2, -0.15) is 0 Å². The Hall–Kier alpha value is -2.86. The maximum absolute atomic E-state index is 2.34. The number of hydrogen-bond donors (Lipinski definition) is 0. The summed E-state index contributed by atoms with van der Waals surface area (Å²) in [6, 6.07) is 27.1. The zero-order chi connectivity index (χ0) is 16.3. The molecule has 0 unspecified atom stereocenters. The molecule has 5 aromatic rings. The molecule has 24 heavy (non-hydrogen) atoms. The molecule has 5 rings (SSSR count). The van der Waals surface area contributed by atoms with E-state index in [2.05, 4.69) is 86.6 Å². The highest BCUT2D eigenvalue weighted by Gasteiger charge is 2.06. The maximum atomic E-state index is 2.34. The summed E-state index contributed by atoms with van der Waals surface area (Å²) in [6.45, 7) is 4.30. The van der Waals surface area contributed by atoms with Gasteiger partial charge in [0.05, 0.1) is 0 Å². The van der Waals surface area contributed by atoms with Crippen LogP contribution in [-0.2, 0) is 0 Å². The summed E-state index contributed by atoms with van der Waals surface area (Å²) < 4.78 is 0. The minimum atomic E-state index is 1.31. The Morgan fingerprint density at radius 3 is 1.71 bits per heavy atom. The highest BCUT2D eigenvalue weighted by atomic mass is 14.1. The molecule has 0 amide bonds. The van der Waals surface area contributed by atoms with Gasteiger partial charge in [0.1, 0.15) is 0 Å². The molecule has 0 heteroatoms. The van der Waals surface area contributed by atoms with Crippen LogP contribution in [0.3, 0.4) is 0 Å². The third-order valence-electron chi connectivity index (χ3n) is 5.10. The van der Waals surface area contributed by atoms with Crippen LogP contribution in [0.2, 0.25) is 0 Å². The second-order valence-electron chi connectivity index (χ2n) is 6.87. The van der Waals surface area contributed by atoms with Crippen molar-refractivity contribution in [3.8, 4) is 0 Å². The molecule has 0 saturated heterocycles. The van der Waals surface area contributed by atoms with E-state index in [0.29, 0.717) is 0 Å². The van der Waals surface area contributed by atoms with Gasteiger partial charge in [0.15, 0.2) is 0 Å². The molecule has 0 spiro atoms. The van der Waals surface area contributed by atoms with Gasteiger partial charge in [-0.1, -0.05) is 71.8 Å². The van der Waals surface area contributed by atoms with Crippen molar-refractivity contribution in [1.29, 1.82) is 0 Å². The van der Waals surface area contributed by atoms with E-state index in [-0.39, 0.29) is 0 Å². The van der Waals surface area contributed by atoms with Gasteiger partial charge in [-0.3, -0.25) is 0 Å². The highest BCUT2D eigenvalue weighted by Crippen LogP contribution is 2.33. The van der Waals surface area contributed by atoms with Crippen LogP contribution >= 0.6 is 0 Å². The molecule has 0 fully saturated rings. The lowest BCUT2D eigenvalue weighted by Crippen LogP contribution is -1.83. The first-order valence-electron chi connectivity index (χ1n) is 8.45. The second kappa shape index (κ2) is 4.82. The summed E-state index contributed by atoms with van der Waals surface area (Å²) in [5.74, 6) is 0. The average Bonchev–Trinajstić information content (AvgIpc) is 2.59. The van der Waals surface area contributed by atoms with Crippen molar-refractivity contribution >= 4 is 43.1 Å². The van der Waals surface area contributed by atoms with Gasteiger partial charge in [-0.15, -0.1) is 0 Å². The first-order chi connectivity index (χ1) is 11.7. The summed E-state index contributed by atoms with van der Waals surface area (Å²) in [6.07, 6.45) is 0. The lowest BCUT2D eigenvalue weighted by atomic mass is 9.94. The lowest BCUT2D eigenvalue weighted by Gasteiger charge is -2.10. The fraction of sp³-hybridized carbons (Fsp3) is 0.0833. The molecule has 0 atom stereocenters. The molecule has 5 aromatic carbocycles. The molecule has 0 bridgehead atoms. The van der Waals surface area contributed by atoms with E-state index < -0.39 is 0 Å². The zero-order valence-corrected chi connectivity index (χ0v) is 13.9. The van der Waals surface area contributed by atoms with E-state index in [4.69, 9.17) is 0 Å². The number of fused-ring (bicyclic) bond motifs is 6. The van der Waals surface area contributed by atoms with E-state index in [1.54, 1.807) is 0 Å². The summed E-state index contributed by atoms with van der Waals surface area (Å²) in [7, 11) is 0. The summed E-state index contributed by atoms with van der Waals surface area (Å²) in [5, 5.41) is 10.6. The summed E-state index contributed by atoms with van der Waals surface area (Å²) in [4.78, 5) is 0. The Labute approximate surface area is 141 Å². The van der Waals surface area contributed by atoms with Gasteiger partial charge in [0.2, 0.25) is 0 Å². The topological polar surface area (TPSA) is 0 Å². The lowest BCUT2D eigenvalue weighted by molar-refractivity contribution is 1.51. The molecule has 0 nitrogen and oxygen atoms in total. The van der Waals surface area contributed by atoms with Crippen LogP contribution in [0.1, 0.15) is 11.1 Å². The Balaban J connectivity index is 1.95. The average molecular weight is 306 g/mol. The van der Waals surface area contributed by atoms with Gasteiger partial charge in [-0.25, -0.2) is 0 Å². The molecule has 114 valence electrons. The molecular weight excluding hydrogens is 288 g/mol. The Morgan fingerprint density at radius 2 is 0.917 bits per heavy atom. The van der Waals surface area contributed by atoms with Crippen LogP contribution in [0.25, 0.3) is 43.1 Å². The van der Waals surface area contributed by atoms with Gasteiger partial charge < -0.3 is 0 Å². The standard InChI is InChI=1S/C24H18/c1-15-3-5-17-14-24-19(13-20(17)12-15)7-9-22-21-8-4-16(2)11-18(21)6-10-23(22)24/h3-14H,1-2H3. The molecular formula is C24H18. The number of aryl methyl sites for hydroxylation is 2. The fourth-order valence-electron chi connectivity index (χ4n) is 3.87. The van der Waals surface area contributed by atoms with Crippen LogP contribution in [0.4, 0.5) is 0 Å². The molecule has 0 radical (unpaired) electrons. The maximum Gasteiger partial charge on any atom is -0.00987 e. The first-order valence-corrected chi connectivity index (χ1v) is 8.45.